The first kappa shape index (κ1) is 12.9. The van der Waals surface area contributed by atoms with Gasteiger partial charge in [0.1, 0.15) is 0 Å². The molecule has 0 heterocycles. The standard InChI is InChI=1S/C16H11F3O/c17-13-6-5-12(15(18)16(13)19)14(20)8-10-7-9-3-1-2-4-11(9)10/h1-6,10H,7-8H2. The van der Waals surface area contributed by atoms with Crippen LogP contribution in [-0.4, -0.2) is 5.78 Å². The zero-order valence-corrected chi connectivity index (χ0v) is 10.5. The molecule has 0 N–H and O–H groups in total. The van der Waals surface area contributed by atoms with E-state index in [1.807, 2.05) is 24.3 Å². The molecule has 4 heteroatoms. The fourth-order valence-corrected chi connectivity index (χ4v) is 2.62. The number of ketones is 1. The fraction of sp³-hybridized carbons (Fsp3) is 0.188. The van der Waals surface area contributed by atoms with Gasteiger partial charge in [0.05, 0.1) is 5.56 Å². The minimum atomic E-state index is -1.59. The Morgan fingerprint density at radius 2 is 1.80 bits per heavy atom. The molecule has 0 aliphatic heterocycles. The third-order valence-electron chi connectivity index (χ3n) is 3.73. The molecule has 0 bridgehead atoms. The van der Waals surface area contributed by atoms with Gasteiger partial charge >= 0.3 is 0 Å². The van der Waals surface area contributed by atoms with Gasteiger partial charge in [0.15, 0.2) is 23.2 Å². The molecule has 1 aliphatic carbocycles. The third-order valence-corrected chi connectivity index (χ3v) is 3.73. The summed E-state index contributed by atoms with van der Waals surface area (Å²) in [6.07, 6.45) is 0.867. The summed E-state index contributed by atoms with van der Waals surface area (Å²) in [6.45, 7) is 0. The number of fused-ring (bicyclic) bond motifs is 1. The summed E-state index contributed by atoms with van der Waals surface area (Å²) in [5.41, 5.74) is 1.87. The predicted octanol–water partition coefficient (Wildman–Crippen LogP) is 4.02. The van der Waals surface area contributed by atoms with E-state index in [1.54, 1.807) is 0 Å². The van der Waals surface area contributed by atoms with Crippen LogP contribution in [0.3, 0.4) is 0 Å². The molecule has 0 aromatic heterocycles. The quantitative estimate of drug-likeness (QED) is 0.611. The minimum Gasteiger partial charge on any atom is -0.294 e. The van der Waals surface area contributed by atoms with E-state index in [0.717, 1.165) is 24.1 Å². The van der Waals surface area contributed by atoms with E-state index >= 15 is 0 Å². The van der Waals surface area contributed by atoms with Gasteiger partial charge in [-0.2, -0.15) is 0 Å². The zero-order valence-electron chi connectivity index (χ0n) is 10.5. The molecule has 2 aromatic rings. The maximum absolute atomic E-state index is 13.5. The van der Waals surface area contributed by atoms with Crippen molar-refractivity contribution in [1.82, 2.24) is 0 Å². The Labute approximate surface area is 114 Å². The monoisotopic (exact) mass is 276 g/mol. The second-order valence-corrected chi connectivity index (χ2v) is 4.95. The highest BCUT2D eigenvalue weighted by Crippen LogP contribution is 2.38. The normalized spacial score (nSPS) is 16.4. The Morgan fingerprint density at radius 3 is 2.55 bits per heavy atom. The molecule has 1 aliphatic rings. The zero-order chi connectivity index (χ0) is 14.3. The molecular formula is C16H11F3O. The van der Waals surface area contributed by atoms with Crippen LogP contribution in [0, 0.1) is 17.5 Å². The van der Waals surface area contributed by atoms with Crippen molar-refractivity contribution in [2.24, 2.45) is 0 Å². The van der Waals surface area contributed by atoms with E-state index in [4.69, 9.17) is 0 Å². The number of carbonyl (C=O) groups is 1. The SMILES string of the molecule is O=C(CC1Cc2ccccc21)c1ccc(F)c(F)c1F. The summed E-state index contributed by atoms with van der Waals surface area (Å²) in [6, 6.07) is 9.49. The number of Topliss-reactive ketones (excluding diaryl/α,β-unsaturated/α-hetero) is 1. The van der Waals surface area contributed by atoms with Gasteiger partial charge < -0.3 is 0 Å². The van der Waals surface area contributed by atoms with Crippen molar-refractivity contribution in [1.29, 1.82) is 0 Å². The van der Waals surface area contributed by atoms with Gasteiger partial charge in [0, 0.05) is 6.42 Å². The fourth-order valence-electron chi connectivity index (χ4n) is 2.62. The van der Waals surface area contributed by atoms with Gasteiger partial charge in [-0.25, -0.2) is 13.2 Å². The number of carbonyl (C=O) groups excluding carboxylic acids is 1. The second kappa shape index (κ2) is 4.78. The summed E-state index contributed by atoms with van der Waals surface area (Å²) in [7, 11) is 0. The molecule has 0 spiro atoms. The highest BCUT2D eigenvalue weighted by Gasteiger charge is 2.29. The Bertz CT molecular complexity index is 694. The number of hydrogen-bond donors (Lipinski definition) is 0. The molecule has 3 rings (SSSR count). The summed E-state index contributed by atoms with van der Waals surface area (Å²) in [5, 5.41) is 0. The van der Waals surface area contributed by atoms with Crippen molar-refractivity contribution in [2.45, 2.75) is 18.8 Å². The molecule has 20 heavy (non-hydrogen) atoms. The topological polar surface area (TPSA) is 17.1 Å². The molecular weight excluding hydrogens is 265 g/mol. The van der Waals surface area contributed by atoms with Crippen LogP contribution in [0.25, 0.3) is 0 Å². The van der Waals surface area contributed by atoms with E-state index in [9.17, 15) is 18.0 Å². The van der Waals surface area contributed by atoms with Crippen LogP contribution in [0.2, 0.25) is 0 Å². The van der Waals surface area contributed by atoms with E-state index in [2.05, 4.69) is 0 Å². The summed E-state index contributed by atoms with van der Waals surface area (Å²) < 4.78 is 39.5. The minimum absolute atomic E-state index is 0.0335. The van der Waals surface area contributed by atoms with Gasteiger partial charge in [-0.15, -0.1) is 0 Å². The van der Waals surface area contributed by atoms with Gasteiger partial charge in [-0.1, -0.05) is 24.3 Å². The third kappa shape index (κ3) is 2.01. The van der Waals surface area contributed by atoms with Crippen molar-refractivity contribution in [2.75, 3.05) is 0 Å². The molecule has 2 aromatic carbocycles. The maximum Gasteiger partial charge on any atom is 0.195 e. The molecule has 0 saturated heterocycles. The number of halogens is 3. The molecule has 0 saturated carbocycles. The molecule has 1 nitrogen and oxygen atoms in total. The van der Waals surface area contributed by atoms with Crippen LogP contribution < -0.4 is 0 Å². The molecule has 1 atom stereocenters. The summed E-state index contributed by atoms with van der Waals surface area (Å²) in [5.74, 6) is -4.74. The highest BCUT2D eigenvalue weighted by atomic mass is 19.2. The average Bonchev–Trinajstić information content (AvgIpc) is 2.42. The summed E-state index contributed by atoms with van der Waals surface area (Å²) >= 11 is 0. The number of rotatable bonds is 3. The van der Waals surface area contributed by atoms with E-state index in [-0.39, 0.29) is 17.9 Å². The maximum atomic E-state index is 13.5. The van der Waals surface area contributed by atoms with Crippen molar-refractivity contribution >= 4 is 5.78 Å². The van der Waals surface area contributed by atoms with Crippen LogP contribution in [0.15, 0.2) is 36.4 Å². The Hall–Kier alpha value is -2.10. The largest absolute Gasteiger partial charge is 0.294 e. The lowest BCUT2D eigenvalue weighted by Crippen LogP contribution is -2.20. The number of hydrogen-bond acceptors (Lipinski definition) is 1. The van der Waals surface area contributed by atoms with Crippen LogP contribution in [-0.2, 0) is 6.42 Å². The van der Waals surface area contributed by atoms with Gasteiger partial charge in [-0.05, 0) is 35.6 Å². The lowest BCUT2D eigenvalue weighted by atomic mass is 9.74. The predicted molar refractivity (Wildman–Crippen MR) is 68.2 cm³/mol. The Kier molecular flexibility index (Phi) is 3.08. The molecule has 102 valence electrons. The van der Waals surface area contributed by atoms with Crippen LogP contribution in [0.5, 0.6) is 0 Å². The first-order valence-corrected chi connectivity index (χ1v) is 6.32. The molecule has 0 amide bonds. The molecule has 0 fully saturated rings. The highest BCUT2D eigenvalue weighted by molar-refractivity contribution is 5.97. The van der Waals surface area contributed by atoms with Gasteiger partial charge in [0.2, 0.25) is 0 Å². The average molecular weight is 276 g/mol. The van der Waals surface area contributed by atoms with E-state index in [1.165, 1.54) is 5.56 Å². The van der Waals surface area contributed by atoms with Crippen molar-refractivity contribution < 1.29 is 18.0 Å². The Morgan fingerprint density at radius 1 is 1.05 bits per heavy atom. The van der Waals surface area contributed by atoms with Gasteiger partial charge in [0.25, 0.3) is 0 Å². The van der Waals surface area contributed by atoms with Gasteiger partial charge in [-0.3, -0.25) is 4.79 Å². The van der Waals surface area contributed by atoms with E-state index < -0.39 is 23.2 Å². The second-order valence-electron chi connectivity index (χ2n) is 4.95. The van der Waals surface area contributed by atoms with Crippen molar-refractivity contribution in [3.05, 3.63) is 70.5 Å². The Balaban J connectivity index is 1.81. The molecule has 1 unspecified atom stereocenters. The summed E-state index contributed by atoms with van der Waals surface area (Å²) in [4.78, 5) is 12.0. The smallest absolute Gasteiger partial charge is 0.195 e. The first-order valence-electron chi connectivity index (χ1n) is 6.32. The molecule has 0 radical (unpaired) electrons. The van der Waals surface area contributed by atoms with Crippen molar-refractivity contribution in [3.63, 3.8) is 0 Å². The van der Waals surface area contributed by atoms with E-state index in [0.29, 0.717) is 0 Å². The number of benzene rings is 2. The first-order chi connectivity index (χ1) is 9.58. The van der Waals surface area contributed by atoms with Crippen LogP contribution in [0.4, 0.5) is 13.2 Å². The van der Waals surface area contributed by atoms with Crippen LogP contribution >= 0.6 is 0 Å². The lowest BCUT2D eigenvalue weighted by molar-refractivity contribution is 0.0965. The lowest BCUT2D eigenvalue weighted by Gasteiger charge is -2.29. The van der Waals surface area contributed by atoms with Crippen molar-refractivity contribution in [3.8, 4) is 0 Å². The van der Waals surface area contributed by atoms with Crippen LogP contribution in [0.1, 0.15) is 33.8 Å².